The molecule has 0 saturated heterocycles. The quantitative estimate of drug-likeness (QED) is 0.248. The summed E-state index contributed by atoms with van der Waals surface area (Å²) in [7, 11) is -7.22. The zero-order chi connectivity index (χ0) is 30.1. The van der Waals surface area contributed by atoms with E-state index in [-0.39, 0.29) is 23.0 Å². The van der Waals surface area contributed by atoms with Crippen LogP contribution in [0, 0.1) is 0 Å². The van der Waals surface area contributed by atoms with Crippen molar-refractivity contribution in [2.24, 2.45) is 0 Å². The minimum atomic E-state index is -5.82. The first-order valence-corrected chi connectivity index (χ1v) is 16.6. The molecule has 1 aromatic heterocycles. The fourth-order valence-electron chi connectivity index (χ4n) is 5.93. The Labute approximate surface area is 230 Å². The van der Waals surface area contributed by atoms with Crippen molar-refractivity contribution in [2.45, 2.75) is 95.6 Å². The molecule has 0 aliphatic rings. The number of rotatable bonds is 11. The minimum absolute atomic E-state index is 0.275. The number of alkyl halides is 3. The van der Waals surface area contributed by atoms with Gasteiger partial charge in [-0.2, -0.15) is 17.9 Å². The van der Waals surface area contributed by atoms with E-state index >= 15 is 0 Å². The molecule has 220 valence electrons. The number of aromatic nitrogens is 1. The minimum Gasteiger partial charge on any atom is -0.468 e. The molecule has 2 aromatic rings. The van der Waals surface area contributed by atoms with E-state index < -0.39 is 41.4 Å². The van der Waals surface area contributed by atoms with Gasteiger partial charge in [-0.25, -0.2) is 8.42 Å². The van der Waals surface area contributed by atoms with Crippen LogP contribution in [0.4, 0.5) is 13.2 Å². The van der Waals surface area contributed by atoms with Crippen molar-refractivity contribution in [1.82, 2.24) is 8.95 Å². The number of esters is 1. The van der Waals surface area contributed by atoms with E-state index in [9.17, 15) is 31.5 Å². The third kappa shape index (κ3) is 6.78. The summed E-state index contributed by atoms with van der Waals surface area (Å²) in [5.41, 5.74) is -3.88. The third-order valence-electron chi connectivity index (χ3n) is 7.31. The molecule has 12 heteroatoms. The van der Waals surface area contributed by atoms with Crippen LogP contribution < -0.4 is 4.72 Å². The number of nitrogens with one attached hydrogen (secondary N) is 1. The van der Waals surface area contributed by atoms with Crippen LogP contribution >= 0.6 is 0 Å². The van der Waals surface area contributed by atoms with E-state index in [4.69, 9.17) is 0 Å². The number of carbonyl (C=O) groups excluding carboxylic acids is 1. The van der Waals surface area contributed by atoms with Gasteiger partial charge in [0.1, 0.15) is 6.04 Å². The van der Waals surface area contributed by atoms with Gasteiger partial charge in [0.05, 0.1) is 12.7 Å². The maximum Gasteiger partial charge on any atom is 0.511 e. The number of benzene rings is 1. The van der Waals surface area contributed by atoms with Crippen molar-refractivity contribution < 1.29 is 36.2 Å². The van der Waals surface area contributed by atoms with Crippen LogP contribution in [0.15, 0.2) is 30.5 Å². The highest BCUT2D eigenvalue weighted by Gasteiger charge is 2.49. The van der Waals surface area contributed by atoms with Gasteiger partial charge in [-0.15, -0.1) is 0 Å². The van der Waals surface area contributed by atoms with Crippen molar-refractivity contribution in [2.75, 3.05) is 7.11 Å². The molecule has 39 heavy (non-hydrogen) atoms. The lowest BCUT2D eigenvalue weighted by Crippen LogP contribution is -2.51. The van der Waals surface area contributed by atoms with E-state index in [0.29, 0.717) is 16.5 Å². The second-order valence-electron chi connectivity index (χ2n) is 11.5. The van der Waals surface area contributed by atoms with Crippen LogP contribution in [-0.4, -0.2) is 56.2 Å². The van der Waals surface area contributed by atoms with Gasteiger partial charge in [0.15, 0.2) is 8.24 Å². The smallest absolute Gasteiger partial charge is 0.468 e. The average Bonchev–Trinajstić information content (AvgIpc) is 3.14. The molecule has 0 aliphatic heterocycles. The summed E-state index contributed by atoms with van der Waals surface area (Å²) < 4.78 is 72.1. The zero-order valence-corrected chi connectivity index (χ0v) is 25.9. The molecule has 7 nitrogen and oxygen atoms in total. The summed E-state index contributed by atoms with van der Waals surface area (Å²) in [5, 5.41) is 11.0. The van der Waals surface area contributed by atoms with Crippen LogP contribution in [0.25, 0.3) is 17.0 Å². The van der Waals surface area contributed by atoms with Gasteiger partial charge in [0.2, 0.25) is 0 Å². The Morgan fingerprint density at radius 1 is 1.10 bits per heavy atom. The molecule has 2 rings (SSSR count). The van der Waals surface area contributed by atoms with Crippen molar-refractivity contribution in [1.29, 1.82) is 0 Å². The van der Waals surface area contributed by atoms with Crippen LogP contribution in [0.2, 0.25) is 16.6 Å². The monoisotopic (exact) mass is 590 g/mol. The fourth-order valence-corrected chi connectivity index (χ4v) is 13.3. The molecule has 0 spiro atoms. The maximum absolute atomic E-state index is 13.2. The molecular weight excluding hydrogens is 549 g/mol. The zero-order valence-electron chi connectivity index (χ0n) is 24.1. The highest BCUT2D eigenvalue weighted by molar-refractivity contribution is 7.90. The second kappa shape index (κ2) is 11.8. The summed E-state index contributed by atoms with van der Waals surface area (Å²) in [6, 6.07) is 3.81. The molecule has 2 N–H and O–H groups in total. The van der Waals surface area contributed by atoms with Gasteiger partial charge in [-0.1, -0.05) is 65.8 Å². The fraction of sp³-hybridized carbons (Fsp3) is 0.593. The number of carbonyl (C=O) groups is 1. The van der Waals surface area contributed by atoms with Gasteiger partial charge >= 0.3 is 21.5 Å². The number of hydrogen-bond acceptors (Lipinski definition) is 5. The summed E-state index contributed by atoms with van der Waals surface area (Å²) in [6.45, 7) is 16.3. The number of fused-ring (bicyclic) bond motifs is 1. The number of sulfonamides is 1. The number of hydrogen-bond donors (Lipinski definition) is 2. The van der Waals surface area contributed by atoms with Crippen LogP contribution in [0.5, 0.6) is 0 Å². The van der Waals surface area contributed by atoms with Crippen molar-refractivity contribution >= 4 is 41.2 Å². The molecule has 0 bridgehead atoms. The molecule has 0 radical (unpaired) electrons. The van der Waals surface area contributed by atoms with E-state index in [2.05, 4.69) is 50.5 Å². The second-order valence-corrected chi connectivity index (χ2v) is 18.9. The van der Waals surface area contributed by atoms with Crippen LogP contribution in [0.1, 0.15) is 66.5 Å². The molecule has 1 aromatic carbocycles. The first kappa shape index (κ1) is 33.1. The van der Waals surface area contributed by atoms with Gasteiger partial charge in [0, 0.05) is 17.3 Å². The number of halogens is 3. The molecule has 0 unspecified atom stereocenters. The lowest BCUT2D eigenvalue weighted by molar-refractivity contribution is -0.142. The Morgan fingerprint density at radius 2 is 1.64 bits per heavy atom. The third-order valence-corrected chi connectivity index (χ3v) is 15.3. The predicted octanol–water partition coefficient (Wildman–Crippen LogP) is 5.97. The Bertz CT molecular complexity index is 1290. The molecule has 0 fully saturated rings. The lowest BCUT2D eigenvalue weighted by Gasteiger charge is -2.44. The summed E-state index contributed by atoms with van der Waals surface area (Å²) in [6.07, 6.45) is 4.84. The average molecular weight is 591 g/mol. The Morgan fingerprint density at radius 3 is 2.08 bits per heavy atom. The SMILES string of the molecule is COC(=O)[C@H](Cc1cn([Si](C(C)C)(C(C)C)C(C)C)c2cccc(/C=C/C(C)(C)O)c12)NS(=O)(=O)C(F)(F)F. The topological polar surface area (TPSA) is 97.6 Å². The highest BCUT2D eigenvalue weighted by Crippen LogP contribution is 2.45. The van der Waals surface area contributed by atoms with Crippen molar-refractivity contribution in [3.8, 4) is 0 Å². The number of aliphatic hydroxyl groups is 1. The first-order valence-electron chi connectivity index (χ1n) is 12.9. The molecule has 1 heterocycles. The van der Waals surface area contributed by atoms with Gasteiger partial charge in [-0.05, 0) is 53.9 Å². The van der Waals surface area contributed by atoms with E-state index in [1.807, 2.05) is 24.4 Å². The largest absolute Gasteiger partial charge is 0.511 e. The van der Waals surface area contributed by atoms with Crippen LogP contribution in [0.3, 0.4) is 0 Å². The lowest BCUT2D eigenvalue weighted by atomic mass is 9.99. The van der Waals surface area contributed by atoms with Gasteiger partial charge in [0.25, 0.3) is 0 Å². The highest BCUT2D eigenvalue weighted by atomic mass is 32.2. The Hall–Kier alpha value is -2.15. The van der Waals surface area contributed by atoms with E-state index in [1.165, 1.54) is 4.72 Å². The Balaban J connectivity index is 2.95. The van der Waals surface area contributed by atoms with E-state index in [1.54, 1.807) is 26.0 Å². The number of ether oxygens (including phenoxy) is 1. The summed E-state index contributed by atoms with van der Waals surface area (Å²) in [4.78, 5) is 12.6. The van der Waals surface area contributed by atoms with Crippen molar-refractivity contribution in [3.05, 3.63) is 41.6 Å². The standard InChI is InChI=1S/C27H41F3N2O5SSi/c1-17(2)39(18(3)4,19(5)6)32-16-21(15-22(25(33)37-9)31-38(35,36)27(28,29)30)24-20(11-10-12-23(24)32)13-14-26(7,8)34/h10-14,16-19,22,31,34H,15H2,1-9H3/b14-13+/t22-/m0/s1. The van der Waals surface area contributed by atoms with Gasteiger partial charge < -0.3 is 14.1 Å². The summed E-state index contributed by atoms with van der Waals surface area (Å²) >= 11 is 0. The summed E-state index contributed by atoms with van der Waals surface area (Å²) in [5.74, 6) is -1.13. The molecular formula is C27H41F3N2O5SSi. The number of nitrogens with zero attached hydrogens (tertiary/aromatic N) is 1. The predicted molar refractivity (Wildman–Crippen MR) is 151 cm³/mol. The molecule has 0 saturated carbocycles. The van der Waals surface area contributed by atoms with E-state index in [0.717, 1.165) is 12.6 Å². The number of methoxy groups -OCH3 is 1. The Kier molecular flexibility index (Phi) is 9.97. The molecule has 0 amide bonds. The normalized spacial score (nSPS) is 14.8. The van der Waals surface area contributed by atoms with Gasteiger partial charge in [-0.3, -0.25) is 4.79 Å². The van der Waals surface area contributed by atoms with Crippen LogP contribution in [-0.2, 0) is 26.0 Å². The molecule has 0 aliphatic carbocycles. The molecule has 1 atom stereocenters. The maximum atomic E-state index is 13.2. The van der Waals surface area contributed by atoms with Crippen molar-refractivity contribution in [3.63, 3.8) is 0 Å². The first-order chi connectivity index (χ1) is 17.7.